The molecular formula is C28H31ClN2O3S. The average molecular weight is 511 g/mol. The van der Waals surface area contributed by atoms with Crippen LogP contribution in [0.1, 0.15) is 51.3 Å². The van der Waals surface area contributed by atoms with E-state index < -0.39 is 0 Å². The van der Waals surface area contributed by atoms with Crippen LogP contribution in [-0.4, -0.2) is 55.0 Å². The maximum Gasteiger partial charge on any atom is 0.254 e. The molecule has 2 heterocycles. The second-order valence-electron chi connectivity index (χ2n) is 8.71. The van der Waals surface area contributed by atoms with Crippen molar-refractivity contribution in [3.05, 3.63) is 92.1 Å². The van der Waals surface area contributed by atoms with E-state index in [0.29, 0.717) is 36.7 Å². The highest BCUT2D eigenvalue weighted by atomic mass is 35.5. The first-order chi connectivity index (χ1) is 17.0. The third-order valence-corrected chi connectivity index (χ3v) is 7.72. The molecule has 0 N–H and O–H groups in total. The van der Waals surface area contributed by atoms with Crippen LogP contribution in [0.3, 0.4) is 0 Å². The number of benzene rings is 2. The summed E-state index contributed by atoms with van der Waals surface area (Å²) in [6.07, 6.45) is 2.40. The van der Waals surface area contributed by atoms with Gasteiger partial charge in [-0.15, -0.1) is 11.3 Å². The van der Waals surface area contributed by atoms with E-state index in [1.54, 1.807) is 23.3 Å². The van der Waals surface area contributed by atoms with E-state index >= 15 is 0 Å². The van der Waals surface area contributed by atoms with Crippen LogP contribution in [0.15, 0.2) is 60.0 Å². The van der Waals surface area contributed by atoms with E-state index in [4.69, 9.17) is 16.3 Å². The van der Waals surface area contributed by atoms with Gasteiger partial charge in [0.2, 0.25) is 5.91 Å². The summed E-state index contributed by atoms with van der Waals surface area (Å²) in [4.78, 5) is 32.0. The smallest absolute Gasteiger partial charge is 0.254 e. The molecular weight excluding hydrogens is 480 g/mol. The molecule has 0 aliphatic carbocycles. The zero-order valence-corrected chi connectivity index (χ0v) is 21.8. The first-order valence-electron chi connectivity index (χ1n) is 12.0. The molecule has 0 fully saturated rings. The first-order valence-corrected chi connectivity index (χ1v) is 13.3. The van der Waals surface area contributed by atoms with Crippen LogP contribution in [0.25, 0.3) is 0 Å². The van der Waals surface area contributed by atoms with Gasteiger partial charge in [-0.2, -0.15) is 0 Å². The van der Waals surface area contributed by atoms with Crippen LogP contribution >= 0.6 is 22.9 Å². The van der Waals surface area contributed by atoms with Crippen molar-refractivity contribution in [1.29, 1.82) is 0 Å². The third kappa shape index (κ3) is 5.95. The molecule has 7 heteroatoms. The molecule has 5 nitrogen and oxygen atoms in total. The molecule has 0 spiro atoms. The number of methoxy groups -OCH3 is 1. The number of thiophene rings is 1. The van der Waals surface area contributed by atoms with Gasteiger partial charge in [0.05, 0.1) is 6.04 Å². The van der Waals surface area contributed by atoms with Gasteiger partial charge in [0, 0.05) is 42.3 Å². The van der Waals surface area contributed by atoms with Gasteiger partial charge in [-0.3, -0.25) is 9.59 Å². The molecule has 184 valence electrons. The molecule has 1 aromatic heterocycles. The number of fused-ring (bicyclic) bond motifs is 1. The Hall–Kier alpha value is -2.67. The van der Waals surface area contributed by atoms with Crippen molar-refractivity contribution in [2.75, 3.05) is 33.4 Å². The van der Waals surface area contributed by atoms with Crippen LogP contribution in [0.5, 0.6) is 0 Å². The lowest BCUT2D eigenvalue weighted by Gasteiger charge is -2.37. The molecule has 0 radical (unpaired) electrons. The van der Waals surface area contributed by atoms with E-state index in [0.717, 1.165) is 24.0 Å². The Labute approximate surface area is 216 Å². The van der Waals surface area contributed by atoms with Crippen molar-refractivity contribution in [3.63, 3.8) is 0 Å². The Kier molecular flexibility index (Phi) is 8.60. The van der Waals surface area contributed by atoms with Crippen LogP contribution in [0, 0.1) is 0 Å². The molecule has 0 saturated heterocycles. The molecule has 0 saturated carbocycles. The van der Waals surface area contributed by atoms with E-state index in [9.17, 15) is 9.59 Å². The maximum absolute atomic E-state index is 13.7. The lowest BCUT2D eigenvalue weighted by molar-refractivity contribution is -0.134. The summed E-state index contributed by atoms with van der Waals surface area (Å²) in [5.41, 5.74) is 3.95. The number of hydrogen-bond acceptors (Lipinski definition) is 4. The van der Waals surface area contributed by atoms with Gasteiger partial charge in [-0.1, -0.05) is 42.8 Å². The SMILES string of the molecule is CCc1ccc(C(=O)N(CCCOC)CC(=O)N2CCc3sccc3C2c2ccc(Cl)cc2)cc1. The van der Waals surface area contributed by atoms with Crippen LogP contribution in [0.2, 0.25) is 5.02 Å². The number of carbonyl (C=O) groups is 2. The second kappa shape index (κ2) is 11.8. The number of halogens is 1. The molecule has 1 unspecified atom stereocenters. The molecule has 3 aromatic rings. The third-order valence-electron chi connectivity index (χ3n) is 6.47. The normalized spacial score (nSPS) is 15.1. The van der Waals surface area contributed by atoms with Crippen LogP contribution in [-0.2, 0) is 22.4 Å². The molecule has 1 aliphatic heterocycles. The molecule has 2 aromatic carbocycles. The average Bonchev–Trinajstić information content (AvgIpc) is 3.37. The summed E-state index contributed by atoms with van der Waals surface area (Å²) in [5.74, 6) is -0.189. The molecule has 4 rings (SSSR count). The highest BCUT2D eigenvalue weighted by Crippen LogP contribution is 2.38. The second-order valence-corrected chi connectivity index (χ2v) is 10.2. The summed E-state index contributed by atoms with van der Waals surface area (Å²) in [6, 6.07) is 17.3. The van der Waals surface area contributed by atoms with E-state index in [1.807, 2.05) is 53.4 Å². The number of rotatable bonds is 9. The molecule has 0 bridgehead atoms. The van der Waals surface area contributed by atoms with Crippen LogP contribution < -0.4 is 0 Å². The zero-order valence-electron chi connectivity index (χ0n) is 20.2. The maximum atomic E-state index is 13.7. The van der Waals surface area contributed by atoms with Gasteiger partial charge in [-0.25, -0.2) is 0 Å². The number of aryl methyl sites for hydroxylation is 1. The van der Waals surface area contributed by atoms with E-state index in [2.05, 4.69) is 18.4 Å². The fourth-order valence-corrected chi connectivity index (χ4v) is 5.59. The Morgan fingerprint density at radius 3 is 2.54 bits per heavy atom. The summed E-state index contributed by atoms with van der Waals surface area (Å²) in [5, 5.41) is 2.75. The van der Waals surface area contributed by atoms with E-state index in [1.165, 1.54) is 10.4 Å². The van der Waals surface area contributed by atoms with Crippen molar-refractivity contribution < 1.29 is 14.3 Å². The van der Waals surface area contributed by atoms with Crippen molar-refractivity contribution in [2.24, 2.45) is 0 Å². The van der Waals surface area contributed by atoms with Crippen molar-refractivity contribution in [1.82, 2.24) is 9.80 Å². The fraction of sp³-hybridized carbons (Fsp3) is 0.357. The Bertz CT molecular complexity index is 1140. The van der Waals surface area contributed by atoms with Gasteiger partial charge >= 0.3 is 0 Å². The monoisotopic (exact) mass is 510 g/mol. The topological polar surface area (TPSA) is 49.9 Å². The van der Waals surface area contributed by atoms with Gasteiger partial charge in [0.1, 0.15) is 6.54 Å². The van der Waals surface area contributed by atoms with Gasteiger partial charge in [-0.05, 0) is 71.7 Å². The Balaban J connectivity index is 1.58. The van der Waals surface area contributed by atoms with E-state index in [-0.39, 0.29) is 24.4 Å². The minimum Gasteiger partial charge on any atom is -0.385 e. The molecule has 35 heavy (non-hydrogen) atoms. The lowest BCUT2D eigenvalue weighted by Crippen LogP contribution is -2.47. The lowest BCUT2D eigenvalue weighted by atomic mass is 9.93. The number of hydrogen-bond donors (Lipinski definition) is 0. The van der Waals surface area contributed by atoms with Crippen molar-refractivity contribution >= 4 is 34.8 Å². The Morgan fingerprint density at radius 1 is 1.11 bits per heavy atom. The molecule has 1 atom stereocenters. The quantitative estimate of drug-likeness (QED) is 0.351. The fourth-order valence-electron chi connectivity index (χ4n) is 4.56. The summed E-state index contributed by atoms with van der Waals surface area (Å²) < 4.78 is 5.20. The molecule has 2 amide bonds. The zero-order chi connectivity index (χ0) is 24.8. The van der Waals surface area contributed by atoms with Gasteiger partial charge in [0.15, 0.2) is 0 Å². The summed E-state index contributed by atoms with van der Waals surface area (Å²) in [6.45, 7) is 3.72. The van der Waals surface area contributed by atoms with Crippen molar-refractivity contribution in [3.8, 4) is 0 Å². The number of carbonyl (C=O) groups excluding carboxylic acids is 2. The Morgan fingerprint density at radius 2 is 1.86 bits per heavy atom. The largest absolute Gasteiger partial charge is 0.385 e. The van der Waals surface area contributed by atoms with Crippen LogP contribution in [0.4, 0.5) is 0 Å². The summed E-state index contributed by atoms with van der Waals surface area (Å²) >= 11 is 7.87. The van der Waals surface area contributed by atoms with Gasteiger partial charge < -0.3 is 14.5 Å². The van der Waals surface area contributed by atoms with Crippen molar-refractivity contribution in [2.45, 2.75) is 32.2 Å². The minimum absolute atomic E-state index is 0.0294. The predicted molar refractivity (Wildman–Crippen MR) is 141 cm³/mol. The number of nitrogens with zero attached hydrogens (tertiary/aromatic N) is 2. The summed E-state index contributed by atoms with van der Waals surface area (Å²) in [7, 11) is 1.64. The highest BCUT2D eigenvalue weighted by Gasteiger charge is 2.34. The van der Waals surface area contributed by atoms with Gasteiger partial charge in [0.25, 0.3) is 5.91 Å². The first kappa shape index (κ1) is 25.4. The minimum atomic E-state index is -0.186. The number of ether oxygens (including phenoxy) is 1. The molecule has 1 aliphatic rings. The highest BCUT2D eigenvalue weighted by molar-refractivity contribution is 7.10. The standard InChI is InChI=1S/C28H31ClN2O3S/c1-3-20-5-7-22(8-6-20)28(33)30(15-4-17-34-2)19-26(32)31-16-13-25-24(14-18-35-25)27(31)21-9-11-23(29)12-10-21/h5-12,14,18,27H,3-4,13,15-17,19H2,1-2H3. The predicted octanol–water partition coefficient (Wildman–Crippen LogP) is 5.62. The number of amides is 2.